The van der Waals surface area contributed by atoms with Gasteiger partial charge in [0.05, 0.1) is 0 Å². The molecule has 1 aromatic heterocycles. The number of thioether (sulfide) groups is 1. The molecule has 26 heavy (non-hydrogen) atoms. The molecule has 0 saturated heterocycles. The molecule has 0 saturated carbocycles. The van der Waals surface area contributed by atoms with Crippen LogP contribution in [-0.2, 0) is 5.75 Å². The van der Waals surface area contributed by atoms with Gasteiger partial charge in [-0.1, -0.05) is 72.4 Å². The Kier molecular flexibility index (Phi) is 4.71. The Labute approximate surface area is 156 Å². The lowest BCUT2D eigenvalue weighted by atomic mass is 10.2. The molecule has 4 rings (SSSR count). The van der Waals surface area contributed by atoms with Gasteiger partial charge in [-0.05, 0) is 29.8 Å². The molecule has 3 aromatic carbocycles. The van der Waals surface area contributed by atoms with Crippen LogP contribution in [0.1, 0.15) is 5.56 Å². The minimum atomic E-state index is 0.712. The van der Waals surface area contributed by atoms with Crippen LogP contribution in [0.2, 0.25) is 0 Å². The van der Waals surface area contributed by atoms with Crippen LogP contribution in [0.5, 0.6) is 0 Å². The molecular weight excluding hydrogens is 340 g/mol. The first-order chi connectivity index (χ1) is 12.8. The molecule has 0 amide bonds. The molecule has 4 aromatic rings. The van der Waals surface area contributed by atoms with Crippen molar-refractivity contribution in [2.45, 2.75) is 10.9 Å². The topological polar surface area (TPSA) is 56.7 Å². The maximum absolute atomic E-state index is 5.96. The molecule has 0 bridgehead atoms. The van der Waals surface area contributed by atoms with Crippen LogP contribution in [0.25, 0.3) is 17.1 Å². The van der Waals surface area contributed by atoms with Crippen molar-refractivity contribution in [2.75, 3.05) is 5.73 Å². The number of rotatable bonds is 5. The van der Waals surface area contributed by atoms with Gasteiger partial charge in [0.1, 0.15) is 0 Å². The lowest BCUT2D eigenvalue weighted by Gasteiger charge is -2.10. The second kappa shape index (κ2) is 7.45. The highest BCUT2D eigenvalue weighted by molar-refractivity contribution is 7.98. The SMILES string of the molecule is Nc1cccc(-c2nnc(SCc3ccccc3)n2-c2ccccc2)c1. The zero-order valence-corrected chi connectivity index (χ0v) is 14.9. The summed E-state index contributed by atoms with van der Waals surface area (Å²) in [5, 5.41) is 9.76. The third kappa shape index (κ3) is 3.48. The Bertz CT molecular complexity index is 997. The molecule has 4 nitrogen and oxygen atoms in total. The predicted octanol–water partition coefficient (Wildman–Crippen LogP) is 4.81. The number of hydrogen-bond acceptors (Lipinski definition) is 4. The molecule has 0 unspecified atom stereocenters. The third-order valence-corrected chi connectivity index (χ3v) is 5.00. The van der Waals surface area contributed by atoms with Crippen LogP contribution in [0, 0.1) is 0 Å². The number of nitrogens with two attached hydrogens (primary N) is 1. The number of nitrogen functional groups attached to an aromatic ring is 1. The number of anilines is 1. The van der Waals surface area contributed by atoms with E-state index in [1.165, 1.54) is 5.56 Å². The number of nitrogens with zero attached hydrogens (tertiary/aromatic N) is 3. The monoisotopic (exact) mass is 358 g/mol. The van der Waals surface area contributed by atoms with Crippen molar-refractivity contribution in [3.63, 3.8) is 0 Å². The first-order valence-electron chi connectivity index (χ1n) is 8.35. The van der Waals surface area contributed by atoms with Gasteiger partial charge in [0.2, 0.25) is 0 Å². The van der Waals surface area contributed by atoms with Gasteiger partial charge >= 0.3 is 0 Å². The van der Waals surface area contributed by atoms with Crippen LogP contribution in [0.3, 0.4) is 0 Å². The van der Waals surface area contributed by atoms with Gasteiger partial charge in [-0.3, -0.25) is 4.57 Å². The lowest BCUT2D eigenvalue weighted by molar-refractivity contribution is 0.886. The van der Waals surface area contributed by atoms with E-state index in [9.17, 15) is 0 Å². The molecule has 0 spiro atoms. The van der Waals surface area contributed by atoms with Gasteiger partial charge in [-0.15, -0.1) is 10.2 Å². The van der Waals surface area contributed by atoms with Crippen molar-refractivity contribution in [1.29, 1.82) is 0 Å². The van der Waals surface area contributed by atoms with Crippen LogP contribution in [0.4, 0.5) is 5.69 Å². The Morgan fingerprint density at radius 1 is 0.808 bits per heavy atom. The minimum absolute atomic E-state index is 0.712. The fourth-order valence-corrected chi connectivity index (χ4v) is 3.67. The average Bonchev–Trinajstić information content (AvgIpc) is 3.12. The third-order valence-electron chi connectivity index (χ3n) is 4.00. The van der Waals surface area contributed by atoms with Gasteiger partial charge in [-0.2, -0.15) is 0 Å². The van der Waals surface area contributed by atoms with Crippen LogP contribution in [-0.4, -0.2) is 14.8 Å². The summed E-state index contributed by atoms with van der Waals surface area (Å²) >= 11 is 1.67. The van der Waals surface area contributed by atoms with Crippen LogP contribution >= 0.6 is 11.8 Å². The molecule has 0 aliphatic rings. The Morgan fingerprint density at radius 3 is 2.27 bits per heavy atom. The van der Waals surface area contributed by atoms with Gasteiger partial charge in [0.25, 0.3) is 0 Å². The van der Waals surface area contributed by atoms with Gasteiger partial charge < -0.3 is 5.73 Å². The second-order valence-electron chi connectivity index (χ2n) is 5.88. The van der Waals surface area contributed by atoms with E-state index in [2.05, 4.69) is 51.2 Å². The quantitative estimate of drug-likeness (QED) is 0.411. The van der Waals surface area contributed by atoms with E-state index in [0.29, 0.717) is 5.69 Å². The highest BCUT2D eigenvalue weighted by Crippen LogP contribution is 2.30. The van der Waals surface area contributed by atoms with Crippen molar-refractivity contribution in [3.8, 4) is 17.1 Å². The fraction of sp³-hybridized carbons (Fsp3) is 0.0476. The van der Waals surface area contributed by atoms with E-state index in [4.69, 9.17) is 5.73 Å². The summed E-state index contributed by atoms with van der Waals surface area (Å²) < 4.78 is 2.09. The maximum atomic E-state index is 5.96. The highest BCUT2D eigenvalue weighted by atomic mass is 32.2. The van der Waals surface area contributed by atoms with E-state index in [1.54, 1.807) is 11.8 Å². The fourth-order valence-electron chi connectivity index (χ4n) is 2.76. The summed E-state index contributed by atoms with van der Waals surface area (Å²) in [7, 11) is 0. The molecule has 0 radical (unpaired) electrons. The predicted molar refractivity (Wildman–Crippen MR) is 107 cm³/mol. The zero-order chi connectivity index (χ0) is 17.8. The molecule has 1 heterocycles. The van der Waals surface area contributed by atoms with Gasteiger partial charge in [-0.25, -0.2) is 0 Å². The van der Waals surface area contributed by atoms with E-state index in [-0.39, 0.29) is 0 Å². The van der Waals surface area contributed by atoms with Crippen molar-refractivity contribution in [2.24, 2.45) is 0 Å². The summed E-state index contributed by atoms with van der Waals surface area (Å²) in [6.45, 7) is 0. The van der Waals surface area contributed by atoms with Crippen molar-refractivity contribution in [3.05, 3.63) is 90.5 Å². The molecule has 128 valence electrons. The van der Waals surface area contributed by atoms with Gasteiger partial charge in [0.15, 0.2) is 11.0 Å². The molecular formula is C21H18N4S. The normalized spacial score (nSPS) is 10.8. The smallest absolute Gasteiger partial charge is 0.196 e. The summed E-state index contributed by atoms with van der Waals surface area (Å²) in [5.74, 6) is 1.63. The number of aromatic nitrogens is 3. The molecule has 0 atom stereocenters. The molecule has 0 fully saturated rings. The number of hydrogen-bond donors (Lipinski definition) is 1. The zero-order valence-electron chi connectivity index (χ0n) is 14.1. The first-order valence-corrected chi connectivity index (χ1v) is 9.33. The summed E-state index contributed by atoms with van der Waals surface area (Å²) in [4.78, 5) is 0. The largest absolute Gasteiger partial charge is 0.399 e. The second-order valence-corrected chi connectivity index (χ2v) is 6.82. The van der Waals surface area contributed by atoms with E-state index >= 15 is 0 Å². The highest BCUT2D eigenvalue weighted by Gasteiger charge is 2.16. The average molecular weight is 358 g/mol. The molecule has 0 aliphatic carbocycles. The molecule has 0 aliphatic heterocycles. The summed E-state index contributed by atoms with van der Waals surface area (Å²) in [6.07, 6.45) is 0. The number of benzene rings is 3. The van der Waals surface area contributed by atoms with E-state index < -0.39 is 0 Å². The van der Waals surface area contributed by atoms with E-state index in [0.717, 1.165) is 28.0 Å². The Balaban J connectivity index is 1.75. The summed E-state index contributed by atoms with van der Waals surface area (Å²) in [5.41, 5.74) is 9.92. The van der Waals surface area contributed by atoms with Gasteiger partial charge in [0, 0.05) is 22.7 Å². The lowest BCUT2D eigenvalue weighted by Crippen LogP contribution is -2.00. The van der Waals surface area contributed by atoms with Crippen molar-refractivity contribution in [1.82, 2.24) is 14.8 Å². The van der Waals surface area contributed by atoms with Crippen LogP contribution < -0.4 is 5.73 Å². The standard InChI is InChI=1S/C21H18N4S/c22-18-11-7-10-17(14-18)20-23-24-21(25(20)19-12-5-2-6-13-19)26-15-16-8-3-1-4-9-16/h1-14H,15,22H2. The van der Waals surface area contributed by atoms with Crippen molar-refractivity contribution < 1.29 is 0 Å². The van der Waals surface area contributed by atoms with Crippen molar-refractivity contribution >= 4 is 17.4 Å². The molecule has 2 N–H and O–H groups in total. The first kappa shape index (κ1) is 16.4. The summed E-state index contributed by atoms with van der Waals surface area (Å²) in [6, 6.07) is 28.3. The number of para-hydroxylation sites is 1. The molecule has 5 heteroatoms. The van der Waals surface area contributed by atoms with E-state index in [1.807, 2.05) is 48.5 Å². The Hall–Kier alpha value is -3.05. The van der Waals surface area contributed by atoms with Crippen LogP contribution in [0.15, 0.2) is 90.1 Å². The minimum Gasteiger partial charge on any atom is -0.399 e. The maximum Gasteiger partial charge on any atom is 0.196 e. The Morgan fingerprint density at radius 2 is 1.54 bits per heavy atom.